The molecule has 2 rings (SSSR count). The minimum Gasteiger partial charge on any atom is -0.493 e. The Labute approximate surface area is 135 Å². The normalized spacial score (nSPS) is 15.8. The molecule has 0 saturated carbocycles. The first kappa shape index (κ1) is 17.0. The van der Waals surface area contributed by atoms with Gasteiger partial charge >= 0.3 is 11.8 Å². The molecule has 1 aliphatic rings. The van der Waals surface area contributed by atoms with Gasteiger partial charge in [-0.25, -0.2) is 5.01 Å². The van der Waals surface area contributed by atoms with E-state index in [2.05, 4.69) is 15.6 Å². The lowest BCUT2D eigenvalue weighted by Crippen LogP contribution is -2.54. The number of amides is 2. The molecule has 2 N–H and O–H groups in total. The van der Waals surface area contributed by atoms with Gasteiger partial charge in [0.25, 0.3) is 0 Å². The predicted octanol–water partition coefficient (Wildman–Crippen LogP) is -0.0791. The Morgan fingerprint density at radius 2 is 1.65 bits per heavy atom. The summed E-state index contributed by atoms with van der Waals surface area (Å²) in [6.45, 7) is 3.06. The average Bonchev–Trinajstić information content (AvgIpc) is 2.56. The standard InChI is InChI=1S/C15H22N4O4/c1-18-6-8-19(9-7-18)17-15(21)14(20)16-11-4-5-12(22-2)13(10-11)23-3/h4-5,10H,6-9H2,1-3H3,(H,16,20)(H,17,21). The van der Waals surface area contributed by atoms with Crippen LogP contribution in [0, 0.1) is 0 Å². The Balaban J connectivity index is 1.92. The third kappa shape index (κ3) is 4.57. The van der Waals surface area contributed by atoms with Gasteiger partial charge < -0.3 is 19.7 Å². The van der Waals surface area contributed by atoms with Crippen LogP contribution in [0.4, 0.5) is 5.69 Å². The number of methoxy groups -OCH3 is 2. The maximum Gasteiger partial charge on any atom is 0.323 e. The Morgan fingerprint density at radius 1 is 1.00 bits per heavy atom. The van der Waals surface area contributed by atoms with Crippen LogP contribution in [0.15, 0.2) is 18.2 Å². The highest BCUT2D eigenvalue weighted by atomic mass is 16.5. The fourth-order valence-electron chi connectivity index (χ4n) is 2.21. The van der Waals surface area contributed by atoms with E-state index in [4.69, 9.17) is 9.47 Å². The summed E-state index contributed by atoms with van der Waals surface area (Å²) >= 11 is 0. The van der Waals surface area contributed by atoms with Crippen LogP contribution in [-0.4, -0.2) is 69.2 Å². The second kappa shape index (κ2) is 7.80. The maximum absolute atomic E-state index is 12.0. The lowest BCUT2D eigenvalue weighted by Gasteiger charge is -2.32. The van der Waals surface area contributed by atoms with E-state index in [9.17, 15) is 9.59 Å². The molecule has 1 aliphatic heterocycles. The molecule has 1 fully saturated rings. The highest BCUT2D eigenvalue weighted by Gasteiger charge is 2.20. The van der Waals surface area contributed by atoms with Gasteiger partial charge in [-0.2, -0.15) is 0 Å². The van der Waals surface area contributed by atoms with Crippen LogP contribution in [0.1, 0.15) is 0 Å². The fraction of sp³-hybridized carbons (Fsp3) is 0.467. The summed E-state index contributed by atoms with van der Waals surface area (Å²) in [5.41, 5.74) is 3.07. The first-order valence-corrected chi connectivity index (χ1v) is 7.31. The summed E-state index contributed by atoms with van der Waals surface area (Å²) in [6.07, 6.45) is 0. The SMILES string of the molecule is COc1ccc(NC(=O)C(=O)NN2CCN(C)CC2)cc1OC. The molecule has 1 heterocycles. The smallest absolute Gasteiger partial charge is 0.323 e. The van der Waals surface area contributed by atoms with E-state index < -0.39 is 11.8 Å². The molecule has 0 aliphatic carbocycles. The summed E-state index contributed by atoms with van der Waals surface area (Å²) in [5, 5.41) is 4.29. The van der Waals surface area contributed by atoms with Crippen molar-refractivity contribution in [1.29, 1.82) is 0 Å². The predicted molar refractivity (Wildman–Crippen MR) is 85.4 cm³/mol. The summed E-state index contributed by atoms with van der Waals surface area (Å²) in [7, 11) is 5.05. The van der Waals surface area contributed by atoms with E-state index in [1.165, 1.54) is 14.2 Å². The summed E-state index contributed by atoms with van der Waals surface area (Å²) in [4.78, 5) is 26.1. The van der Waals surface area contributed by atoms with Crippen molar-refractivity contribution < 1.29 is 19.1 Å². The second-order valence-corrected chi connectivity index (χ2v) is 5.26. The summed E-state index contributed by atoms with van der Waals surface area (Å²) in [5.74, 6) is -0.391. The lowest BCUT2D eigenvalue weighted by atomic mass is 10.2. The van der Waals surface area contributed by atoms with Crippen LogP contribution in [-0.2, 0) is 9.59 Å². The number of hydrazine groups is 1. The van der Waals surface area contributed by atoms with Crippen LogP contribution in [0.3, 0.4) is 0 Å². The zero-order valence-electron chi connectivity index (χ0n) is 13.6. The number of rotatable bonds is 4. The van der Waals surface area contributed by atoms with Crippen molar-refractivity contribution in [3.05, 3.63) is 18.2 Å². The minimum absolute atomic E-state index is 0.459. The number of carbonyl (C=O) groups excluding carboxylic acids is 2. The van der Waals surface area contributed by atoms with Gasteiger partial charge in [0.2, 0.25) is 0 Å². The summed E-state index contributed by atoms with van der Waals surface area (Å²) in [6, 6.07) is 4.90. The van der Waals surface area contributed by atoms with Crippen LogP contribution in [0.5, 0.6) is 11.5 Å². The van der Waals surface area contributed by atoms with Gasteiger partial charge in [-0.3, -0.25) is 15.0 Å². The van der Waals surface area contributed by atoms with Gasteiger partial charge in [0.1, 0.15) is 0 Å². The largest absolute Gasteiger partial charge is 0.493 e. The number of likely N-dealkylation sites (N-methyl/N-ethyl adjacent to an activating group) is 1. The molecule has 126 valence electrons. The van der Waals surface area contributed by atoms with Gasteiger partial charge in [0, 0.05) is 37.9 Å². The number of piperazine rings is 1. The molecule has 1 aromatic rings. The summed E-state index contributed by atoms with van der Waals surface area (Å²) < 4.78 is 10.3. The molecule has 23 heavy (non-hydrogen) atoms. The van der Waals surface area contributed by atoms with E-state index in [0.717, 1.165) is 13.1 Å². The topological polar surface area (TPSA) is 83.1 Å². The first-order valence-electron chi connectivity index (χ1n) is 7.31. The van der Waals surface area contributed by atoms with Crippen LogP contribution < -0.4 is 20.2 Å². The van der Waals surface area contributed by atoms with Crippen LogP contribution in [0.25, 0.3) is 0 Å². The Bertz CT molecular complexity index is 571. The second-order valence-electron chi connectivity index (χ2n) is 5.26. The van der Waals surface area contributed by atoms with E-state index >= 15 is 0 Å². The van der Waals surface area contributed by atoms with Gasteiger partial charge in [-0.1, -0.05) is 0 Å². The number of carbonyl (C=O) groups is 2. The number of nitrogens with zero attached hydrogens (tertiary/aromatic N) is 2. The molecule has 0 unspecified atom stereocenters. The van der Waals surface area contributed by atoms with Crippen molar-refractivity contribution >= 4 is 17.5 Å². The molecule has 1 saturated heterocycles. The van der Waals surface area contributed by atoms with E-state index in [1.54, 1.807) is 23.2 Å². The number of anilines is 1. The van der Waals surface area contributed by atoms with Crippen molar-refractivity contribution in [3.8, 4) is 11.5 Å². The number of benzene rings is 1. The maximum atomic E-state index is 12.0. The Kier molecular flexibility index (Phi) is 5.78. The van der Waals surface area contributed by atoms with E-state index in [1.807, 2.05) is 7.05 Å². The number of nitrogens with one attached hydrogen (secondary N) is 2. The fourth-order valence-corrected chi connectivity index (χ4v) is 2.21. The third-order valence-electron chi connectivity index (χ3n) is 3.61. The molecule has 0 radical (unpaired) electrons. The van der Waals surface area contributed by atoms with Crippen molar-refractivity contribution in [1.82, 2.24) is 15.3 Å². The molecule has 2 amide bonds. The Morgan fingerprint density at radius 3 is 2.26 bits per heavy atom. The van der Waals surface area contributed by atoms with Crippen LogP contribution >= 0.6 is 0 Å². The van der Waals surface area contributed by atoms with Gasteiger partial charge in [-0.05, 0) is 19.2 Å². The van der Waals surface area contributed by atoms with Crippen molar-refractivity contribution in [2.75, 3.05) is 52.8 Å². The lowest BCUT2D eigenvalue weighted by molar-refractivity contribution is -0.139. The first-order chi connectivity index (χ1) is 11.0. The number of hydrogen-bond donors (Lipinski definition) is 2. The van der Waals surface area contributed by atoms with Gasteiger partial charge in [0.05, 0.1) is 14.2 Å². The molecule has 0 bridgehead atoms. The molecular formula is C15H22N4O4. The van der Waals surface area contributed by atoms with Gasteiger partial charge in [-0.15, -0.1) is 0 Å². The number of hydrogen-bond acceptors (Lipinski definition) is 6. The molecule has 0 aromatic heterocycles. The molecule has 0 atom stereocenters. The van der Waals surface area contributed by atoms with Crippen molar-refractivity contribution in [2.45, 2.75) is 0 Å². The van der Waals surface area contributed by atoms with Crippen molar-refractivity contribution in [2.24, 2.45) is 0 Å². The highest BCUT2D eigenvalue weighted by molar-refractivity contribution is 6.39. The quantitative estimate of drug-likeness (QED) is 0.755. The minimum atomic E-state index is -0.726. The Hall–Kier alpha value is -2.32. The monoisotopic (exact) mass is 322 g/mol. The zero-order chi connectivity index (χ0) is 16.8. The molecule has 8 heteroatoms. The highest BCUT2D eigenvalue weighted by Crippen LogP contribution is 2.29. The number of ether oxygens (including phenoxy) is 2. The van der Waals surface area contributed by atoms with E-state index in [0.29, 0.717) is 30.3 Å². The van der Waals surface area contributed by atoms with Crippen molar-refractivity contribution in [3.63, 3.8) is 0 Å². The molecule has 0 spiro atoms. The molecule has 8 nitrogen and oxygen atoms in total. The molecular weight excluding hydrogens is 300 g/mol. The average molecular weight is 322 g/mol. The van der Waals surface area contributed by atoms with E-state index in [-0.39, 0.29) is 0 Å². The third-order valence-corrected chi connectivity index (χ3v) is 3.61. The zero-order valence-corrected chi connectivity index (χ0v) is 13.6. The van der Waals surface area contributed by atoms with Crippen LogP contribution in [0.2, 0.25) is 0 Å². The molecule has 1 aromatic carbocycles. The van der Waals surface area contributed by atoms with Gasteiger partial charge in [0.15, 0.2) is 11.5 Å².